The third-order valence-corrected chi connectivity index (χ3v) is 4.28. The first kappa shape index (κ1) is 16.9. The quantitative estimate of drug-likeness (QED) is 0.653. The van der Waals surface area contributed by atoms with Crippen molar-refractivity contribution < 1.29 is 5.11 Å². The predicted molar refractivity (Wildman–Crippen MR) is 96.0 cm³/mol. The number of hydrogen-bond donors (Lipinski definition) is 1. The first-order chi connectivity index (χ1) is 10.0. The third kappa shape index (κ3) is 3.30. The Morgan fingerprint density at radius 1 is 0.818 bits per heavy atom. The van der Waals surface area contributed by atoms with Gasteiger partial charge < -0.3 is 5.11 Å². The molecule has 0 saturated carbocycles. The molecule has 2 rings (SSSR count). The molecule has 0 spiro atoms. The smallest absolute Gasteiger partial charge is 0.127 e. The molecule has 0 radical (unpaired) electrons. The van der Waals surface area contributed by atoms with Crippen LogP contribution < -0.4 is 0 Å². The van der Waals surface area contributed by atoms with Crippen LogP contribution in [0.3, 0.4) is 0 Å². The first-order valence-electron chi connectivity index (χ1n) is 7.64. The van der Waals surface area contributed by atoms with Crippen molar-refractivity contribution in [2.75, 3.05) is 0 Å². The summed E-state index contributed by atoms with van der Waals surface area (Å²) in [5.74, 6) is 0.327. The van der Waals surface area contributed by atoms with Gasteiger partial charge in [-0.3, -0.25) is 0 Å². The average Bonchev–Trinajstić information content (AvgIpc) is 2.37. The highest BCUT2D eigenvalue weighted by Crippen LogP contribution is 2.43. The number of phenols is 1. The molecule has 0 aliphatic carbocycles. The van der Waals surface area contributed by atoms with E-state index in [-0.39, 0.29) is 10.8 Å². The summed E-state index contributed by atoms with van der Waals surface area (Å²) in [6, 6.07) is 11.8. The minimum Gasteiger partial charge on any atom is -0.507 e. The van der Waals surface area contributed by atoms with Crippen LogP contribution in [0.25, 0.3) is 11.1 Å². The molecule has 22 heavy (non-hydrogen) atoms. The van der Waals surface area contributed by atoms with Crippen LogP contribution in [-0.2, 0) is 10.8 Å². The lowest BCUT2D eigenvalue weighted by atomic mass is 9.78. The Kier molecular flexibility index (Phi) is 4.32. The van der Waals surface area contributed by atoms with Crippen LogP contribution in [0.4, 0.5) is 0 Å². The summed E-state index contributed by atoms with van der Waals surface area (Å²) in [7, 11) is 0. The molecule has 0 unspecified atom stereocenters. The van der Waals surface area contributed by atoms with Crippen molar-refractivity contribution in [3.05, 3.63) is 52.5 Å². The van der Waals surface area contributed by atoms with Crippen molar-refractivity contribution in [3.8, 4) is 16.9 Å². The monoisotopic (exact) mass is 316 g/mol. The Morgan fingerprint density at radius 2 is 1.41 bits per heavy atom. The molecular formula is C20H25ClO. The average molecular weight is 317 g/mol. The van der Waals surface area contributed by atoms with Gasteiger partial charge in [-0.2, -0.15) is 0 Å². The number of aromatic hydroxyl groups is 1. The van der Waals surface area contributed by atoms with Gasteiger partial charge in [-0.05, 0) is 28.5 Å². The van der Waals surface area contributed by atoms with Gasteiger partial charge >= 0.3 is 0 Å². The fourth-order valence-electron chi connectivity index (χ4n) is 2.52. The summed E-state index contributed by atoms with van der Waals surface area (Å²) in [5, 5.41) is 11.5. The number of phenolic OH excluding ortho intramolecular Hbond substituents is 1. The van der Waals surface area contributed by atoms with Gasteiger partial charge in [0.15, 0.2) is 0 Å². The van der Waals surface area contributed by atoms with Crippen LogP contribution in [-0.4, -0.2) is 5.11 Å². The molecule has 0 aliphatic rings. The number of hydrogen-bond acceptors (Lipinski definition) is 1. The van der Waals surface area contributed by atoms with Gasteiger partial charge in [0.1, 0.15) is 5.75 Å². The van der Waals surface area contributed by atoms with E-state index < -0.39 is 0 Å². The maximum atomic E-state index is 10.8. The lowest BCUT2D eigenvalue weighted by Gasteiger charge is -2.27. The molecule has 2 aromatic carbocycles. The Bertz CT molecular complexity index is 688. The van der Waals surface area contributed by atoms with E-state index >= 15 is 0 Å². The molecule has 1 N–H and O–H groups in total. The molecule has 1 nitrogen and oxygen atoms in total. The standard InChI is InChI=1S/C20H25ClO/c1-19(2,3)13-11-15(14-9-7-8-10-17(14)21)18(22)16(12-13)20(4,5)6/h7-12,22H,1-6H3. The van der Waals surface area contributed by atoms with Crippen LogP contribution in [0.5, 0.6) is 5.75 Å². The molecule has 0 aromatic heterocycles. The lowest BCUT2D eigenvalue weighted by Crippen LogP contribution is -2.17. The van der Waals surface area contributed by atoms with Crippen molar-refractivity contribution in [1.29, 1.82) is 0 Å². The molecule has 0 saturated heterocycles. The van der Waals surface area contributed by atoms with Gasteiger partial charge in [-0.25, -0.2) is 0 Å². The van der Waals surface area contributed by atoms with E-state index in [2.05, 4.69) is 53.7 Å². The van der Waals surface area contributed by atoms with Crippen LogP contribution in [0.2, 0.25) is 5.02 Å². The molecule has 0 fully saturated rings. The van der Waals surface area contributed by atoms with Crippen molar-refractivity contribution in [3.63, 3.8) is 0 Å². The zero-order valence-electron chi connectivity index (χ0n) is 14.3. The van der Waals surface area contributed by atoms with Gasteiger partial charge in [0.25, 0.3) is 0 Å². The normalized spacial score (nSPS) is 12.5. The highest BCUT2D eigenvalue weighted by molar-refractivity contribution is 6.33. The first-order valence-corrected chi connectivity index (χ1v) is 8.02. The van der Waals surface area contributed by atoms with E-state index in [4.69, 9.17) is 11.6 Å². The molecule has 0 atom stereocenters. The summed E-state index contributed by atoms with van der Waals surface area (Å²) in [6.45, 7) is 12.9. The maximum Gasteiger partial charge on any atom is 0.127 e. The summed E-state index contributed by atoms with van der Waals surface area (Å²) in [6.07, 6.45) is 0. The summed E-state index contributed by atoms with van der Waals surface area (Å²) in [4.78, 5) is 0. The van der Waals surface area contributed by atoms with Crippen molar-refractivity contribution in [2.24, 2.45) is 0 Å². The SMILES string of the molecule is CC(C)(C)c1cc(-c2ccccc2Cl)c(O)c(C(C)(C)C)c1. The van der Waals surface area contributed by atoms with Gasteiger partial charge in [0.05, 0.1) is 0 Å². The highest BCUT2D eigenvalue weighted by atomic mass is 35.5. The van der Waals surface area contributed by atoms with E-state index in [0.29, 0.717) is 10.8 Å². The van der Waals surface area contributed by atoms with Crippen molar-refractivity contribution in [1.82, 2.24) is 0 Å². The van der Waals surface area contributed by atoms with Crippen molar-refractivity contribution in [2.45, 2.75) is 52.4 Å². The summed E-state index contributed by atoms with van der Waals surface area (Å²) in [5.41, 5.74) is 3.70. The largest absolute Gasteiger partial charge is 0.507 e. The summed E-state index contributed by atoms with van der Waals surface area (Å²) >= 11 is 6.35. The van der Waals surface area contributed by atoms with Crippen LogP contribution in [0.15, 0.2) is 36.4 Å². The number of rotatable bonds is 1. The second kappa shape index (κ2) is 5.62. The Balaban J connectivity index is 2.82. The molecule has 118 valence electrons. The minimum absolute atomic E-state index is 0.00368. The van der Waals surface area contributed by atoms with Crippen LogP contribution in [0.1, 0.15) is 52.7 Å². The fraction of sp³-hybridized carbons (Fsp3) is 0.400. The van der Waals surface area contributed by atoms with E-state index in [1.165, 1.54) is 5.56 Å². The molecule has 0 heterocycles. The minimum atomic E-state index is -0.138. The maximum absolute atomic E-state index is 10.8. The Morgan fingerprint density at radius 3 is 1.91 bits per heavy atom. The predicted octanol–water partition coefficient (Wildman–Crippen LogP) is 6.31. The second-order valence-corrected chi connectivity index (χ2v) is 8.31. The Hall–Kier alpha value is -1.47. The van der Waals surface area contributed by atoms with E-state index in [9.17, 15) is 5.11 Å². The van der Waals surface area contributed by atoms with Gasteiger partial charge in [-0.1, -0.05) is 77.4 Å². The molecule has 0 amide bonds. The van der Waals surface area contributed by atoms with Gasteiger partial charge in [0.2, 0.25) is 0 Å². The molecule has 0 bridgehead atoms. The lowest BCUT2D eigenvalue weighted by molar-refractivity contribution is 0.446. The third-order valence-electron chi connectivity index (χ3n) is 3.95. The molecule has 2 heteroatoms. The summed E-state index contributed by atoms with van der Waals surface area (Å²) < 4.78 is 0. The molecular weight excluding hydrogens is 292 g/mol. The van der Waals surface area contributed by atoms with E-state index in [1.807, 2.05) is 24.3 Å². The van der Waals surface area contributed by atoms with Crippen molar-refractivity contribution >= 4 is 11.6 Å². The zero-order valence-corrected chi connectivity index (χ0v) is 15.0. The topological polar surface area (TPSA) is 20.2 Å². The van der Waals surface area contributed by atoms with E-state index in [1.54, 1.807) is 0 Å². The highest BCUT2D eigenvalue weighted by Gasteiger charge is 2.25. The Labute approximate surface area is 139 Å². The van der Waals surface area contributed by atoms with Gasteiger partial charge in [-0.15, -0.1) is 0 Å². The fourth-order valence-corrected chi connectivity index (χ4v) is 2.76. The zero-order chi connectivity index (χ0) is 16.7. The number of benzene rings is 2. The van der Waals surface area contributed by atoms with E-state index in [0.717, 1.165) is 16.7 Å². The molecule has 2 aromatic rings. The number of halogens is 1. The van der Waals surface area contributed by atoms with Crippen LogP contribution >= 0.6 is 11.6 Å². The molecule has 0 aliphatic heterocycles. The van der Waals surface area contributed by atoms with Gasteiger partial charge in [0, 0.05) is 21.7 Å². The van der Waals surface area contributed by atoms with Crippen LogP contribution in [0, 0.1) is 0 Å². The second-order valence-electron chi connectivity index (χ2n) is 7.90.